The van der Waals surface area contributed by atoms with E-state index < -0.39 is 61.0 Å². The van der Waals surface area contributed by atoms with Crippen molar-refractivity contribution in [1.29, 1.82) is 0 Å². The standard InChI is InChI=1S/C19H23F3N2O6S/c1-8(9-3-5-10(31-2)6-4-9)12-16(19(20,21)22)23-24-17(12)30-15-14(27)13(26)11(7-25)29-18(15)28/h3-6,8,11,13-15,18,25-28H,7H2,1-2H3,(H,23,24)/t8?,11-,13-,14+,15-,18-/m1/s1. The number of nitrogens with zero attached hydrogens (tertiary/aromatic N) is 1. The van der Waals surface area contributed by atoms with Gasteiger partial charge in [0.2, 0.25) is 5.88 Å². The minimum absolute atomic E-state index is 0.317. The summed E-state index contributed by atoms with van der Waals surface area (Å²) in [5.74, 6) is -1.30. The fourth-order valence-electron chi connectivity index (χ4n) is 3.43. The molecule has 5 N–H and O–H groups in total. The van der Waals surface area contributed by atoms with Crippen LogP contribution in [0.25, 0.3) is 0 Å². The number of rotatable bonds is 6. The maximum atomic E-state index is 13.6. The highest BCUT2D eigenvalue weighted by Crippen LogP contribution is 2.41. The predicted octanol–water partition coefficient (Wildman–Crippen LogP) is 1.48. The van der Waals surface area contributed by atoms with E-state index in [9.17, 15) is 28.5 Å². The van der Waals surface area contributed by atoms with Crippen molar-refractivity contribution in [2.24, 2.45) is 0 Å². The summed E-state index contributed by atoms with van der Waals surface area (Å²) in [6.45, 7) is 0.860. The first kappa shape index (κ1) is 23.8. The van der Waals surface area contributed by atoms with Crippen molar-refractivity contribution in [2.75, 3.05) is 12.9 Å². The number of nitrogens with one attached hydrogen (secondary N) is 1. The largest absolute Gasteiger partial charge is 0.465 e. The highest BCUT2D eigenvalue weighted by molar-refractivity contribution is 7.98. The van der Waals surface area contributed by atoms with Crippen LogP contribution in [-0.4, -0.2) is 74.2 Å². The van der Waals surface area contributed by atoms with Gasteiger partial charge < -0.3 is 29.9 Å². The number of aromatic nitrogens is 2. The van der Waals surface area contributed by atoms with E-state index in [0.29, 0.717) is 5.56 Å². The minimum Gasteiger partial charge on any atom is -0.465 e. The molecule has 1 aliphatic heterocycles. The van der Waals surface area contributed by atoms with Crippen LogP contribution in [0.3, 0.4) is 0 Å². The highest BCUT2D eigenvalue weighted by Gasteiger charge is 2.47. The number of H-pyrrole nitrogens is 1. The molecule has 3 rings (SSSR count). The Hall–Kier alpha value is -1.83. The zero-order chi connectivity index (χ0) is 22.9. The van der Waals surface area contributed by atoms with Crippen molar-refractivity contribution in [2.45, 2.75) is 54.6 Å². The van der Waals surface area contributed by atoms with Crippen LogP contribution in [0, 0.1) is 0 Å². The Balaban J connectivity index is 1.96. The first-order chi connectivity index (χ1) is 14.6. The van der Waals surface area contributed by atoms with Crippen molar-refractivity contribution >= 4 is 11.8 Å². The van der Waals surface area contributed by atoms with Crippen molar-refractivity contribution in [1.82, 2.24) is 10.2 Å². The van der Waals surface area contributed by atoms with Gasteiger partial charge in [0.1, 0.15) is 24.0 Å². The second-order valence-corrected chi connectivity index (χ2v) is 8.00. The molecular formula is C19H23F3N2O6S. The van der Waals surface area contributed by atoms with Gasteiger partial charge in [-0.05, 0) is 24.0 Å². The molecule has 0 bridgehead atoms. The molecule has 0 amide bonds. The summed E-state index contributed by atoms with van der Waals surface area (Å²) in [6, 6.07) is 6.93. The molecule has 2 aromatic rings. The lowest BCUT2D eigenvalue weighted by Gasteiger charge is -2.39. The SMILES string of the molecule is CSc1ccc(C(C)c2c(O[C@@H]3[C@@H](O)[C@H](O)[C@@H](CO)O[C@H]3O)n[nH]c2C(F)(F)F)cc1. The second kappa shape index (κ2) is 9.35. The van der Waals surface area contributed by atoms with E-state index in [1.165, 1.54) is 11.8 Å². The van der Waals surface area contributed by atoms with Crippen LogP contribution in [0.5, 0.6) is 5.88 Å². The third-order valence-corrected chi connectivity index (χ3v) is 5.94. The summed E-state index contributed by atoms with van der Waals surface area (Å²) in [7, 11) is 0. The molecule has 1 unspecified atom stereocenters. The predicted molar refractivity (Wildman–Crippen MR) is 104 cm³/mol. The summed E-state index contributed by atoms with van der Waals surface area (Å²) >= 11 is 1.49. The molecule has 1 aromatic carbocycles. The van der Waals surface area contributed by atoms with Gasteiger partial charge in [-0.15, -0.1) is 16.9 Å². The van der Waals surface area contributed by atoms with E-state index in [1.807, 2.05) is 11.4 Å². The van der Waals surface area contributed by atoms with Crippen LogP contribution in [0.15, 0.2) is 29.2 Å². The molecule has 0 spiro atoms. The zero-order valence-electron chi connectivity index (χ0n) is 16.6. The summed E-state index contributed by atoms with van der Waals surface area (Å²) in [6.07, 6.45) is -11.0. The number of hydrogen-bond donors (Lipinski definition) is 5. The number of benzene rings is 1. The maximum absolute atomic E-state index is 13.6. The molecule has 0 radical (unpaired) electrons. The molecule has 0 saturated carbocycles. The number of thioether (sulfide) groups is 1. The Morgan fingerprint density at radius 1 is 1.19 bits per heavy atom. The van der Waals surface area contributed by atoms with Gasteiger partial charge in [0, 0.05) is 10.8 Å². The van der Waals surface area contributed by atoms with E-state index in [4.69, 9.17) is 14.6 Å². The van der Waals surface area contributed by atoms with Crippen LogP contribution in [-0.2, 0) is 10.9 Å². The fraction of sp³-hybridized carbons (Fsp3) is 0.526. The summed E-state index contributed by atoms with van der Waals surface area (Å²) < 4.78 is 51.3. The van der Waals surface area contributed by atoms with Gasteiger partial charge in [0.25, 0.3) is 0 Å². The maximum Gasteiger partial charge on any atom is 0.433 e. The average molecular weight is 464 g/mol. The summed E-state index contributed by atoms with van der Waals surface area (Å²) in [5, 5.41) is 45.1. The van der Waals surface area contributed by atoms with Gasteiger partial charge in [0.05, 0.1) is 12.2 Å². The van der Waals surface area contributed by atoms with Gasteiger partial charge in [-0.3, -0.25) is 5.10 Å². The molecule has 172 valence electrons. The number of aromatic amines is 1. The van der Waals surface area contributed by atoms with Gasteiger partial charge in [-0.1, -0.05) is 19.1 Å². The number of halogens is 3. The van der Waals surface area contributed by atoms with E-state index in [0.717, 1.165) is 4.90 Å². The van der Waals surface area contributed by atoms with Crippen LogP contribution >= 0.6 is 11.8 Å². The number of ether oxygens (including phenoxy) is 2. The Bertz CT molecular complexity index is 879. The average Bonchev–Trinajstić information content (AvgIpc) is 3.17. The van der Waals surface area contributed by atoms with E-state index in [-0.39, 0.29) is 5.56 Å². The Labute approximate surface area is 180 Å². The molecule has 1 saturated heterocycles. The molecule has 1 fully saturated rings. The Morgan fingerprint density at radius 2 is 1.84 bits per heavy atom. The third kappa shape index (κ3) is 4.83. The van der Waals surface area contributed by atoms with Crippen molar-refractivity contribution in [3.63, 3.8) is 0 Å². The normalized spacial score (nSPS) is 27.8. The number of alkyl halides is 3. The van der Waals surface area contributed by atoms with Crippen LogP contribution < -0.4 is 4.74 Å². The molecule has 1 aliphatic rings. The number of hydrogen-bond acceptors (Lipinski definition) is 8. The first-order valence-corrected chi connectivity index (χ1v) is 10.6. The monoisotopic (exact) mass is 464 g/mol. The highest BCUT2D eigenvalue weighted by atomic mass is 32.2. The Kier molecular flexibility index (Phi) is 7.18. The van der Waals surface area contributed by atoms with Crippen molar-refractivity contribution < 1.29 is 43.1 Å². The van der Waals surface area contributed by atoms with Gasteiger partial charge in [-0.2, -0.15) is 13.2 Å². The van der Waals surface area contributed by atoms with Crippen LogP contribution in [0.4, 0.5) is 13.2 Å². The van der Waals surface area contributed by atoms with Gasteiger partial charge in [0.15, 0.2) is 12.4 Å². The minimum atomic E-state index is -4.76. The smallest absolute Gasteiger partial charge is 0.433 e. The lowest BCUT2D eigenvalue weighted by Crippen LogP contribution is -2.60. The third-order valence-electron chi connectivity index (χ3n) is 5.19. The van der Waals surface area contributed by atoms with Gasteiger partial charge in [-0.25, -0.2) is 0 Å². The fourth-order valence-corrected chi connectivity index (χ4v) is 3.84. The van der Waals surface area contributed by atoms with Crippen molar-refractivity contribution in [3.8, 4) is 5.88 Å². The number of aliphatic hydroxyl groups excluding tert-OH is 4. The summed E-state index contributed by atoms with van der Waals surface area (Å²) in [5.41, 5.74) is -0.878. The quantitative estimate of drug-likeness (QED) is 0.407. The van der Waals surface area contributed by atoms with E-state index in [2.05, 4.69) is 5.10 Å². The van der Waals surface area contributed by atoms with Crippen molar-refractivity contribution in [3.05, 3.63) is 41.1 Å². The molecule has 2 heterocycles. The Morgan fingerprint density at radius 3 is 2.39 bits per heavy atom. The second-order valence-electron chi connectivity index (χ2n) is 7.12. The topological polar surface area (TPSA) is 128 Å². The molecule has 0 aliphatic carbocycles. The molecule has 31 heavy (non-hydrogen) atoms. The van der Waals surface area contributed by atoms with Crippen LogP contribution in [0.2, 0.25) is 0 Å². The van der Waals surface area contributed by atoms with Gasteiger partial charge >= 0.3 is 6.18 Å². The molecule has 8 nitrogen and oxygen atoms in total. The van der Waals surface area contributed by atoms with Crippen LogP contribution in [0.1, 0.15) is 29.7 Å². The van der Waals surface area contributed by atoms with E-state index in [1.54, 1.807) is 31.2 Å². The number of aliphatic hydroxyl groups is 4. The lowest BCUT2D eigenvalue weighted by atomic mass is 9.92. The molecule has 6 atom stereocenters. The van der Waals surface area contributed by atoms with E-state index >= 15 is 0 Å². The molecular weight excluding hydrogens is 441 g/mol. The molecule has 12 heteroatoms. The zero-order valence-corrected chi connectivity index (χ0v) is 17.4. The summed E-state index contributed by atoms with van der Waals surface area (Å²) in [4.78, 5) is 0.939. The first-order valence-electron chi connectivity index (χ1n) is 9.35. The molecule has 1 aromatic heterocycles. The lowest BCUT2D eigenvalue weighted by molar-refractivity contribution is -0.281.